The van der Waals surface area contributed by atoms with E-state index in [4.69, 9.17) is 14.2 Å². The molecule has 0 spiro atoms. The first-order chi connectivity index (χ1) is 13.5. The number of nitrogens with zero attached hydrogens (tertiary/aromatic N) is 1. The van der Waals surface area contributed by atoms with E-state index in [1.54, 1.807) is 24.4 Å². The minimum Gasteiger partial charge on any atom is -0.482 e. The number of carbonyl (C=O) groups is 3. The minimum atomic E-state index is -0.656. The Hall–Kier alpha value is -2.94. The lowest BCUT2D eigenvalue weighted by Gasteiger charge is -2.07. The maximum absolute atomic E-state index is 11.8. The molecule has 150 valence electrons. The molecule has 0 saturated heterocycles. The van der Waals surface area contributed by atoms with E-state index in [0.717, 1.165) is 6.42 Å². The molecule has 0 aliphatic heterocycles. The predicted molar refractivity (Wildman–Crippen MR) is 103 cm³/mol. The molecular weight excluding hydrogens is 384 g/mol. The summed E-state index contributed by atoms with van der Waals surface area (Å²) in [6, 6.07) is 7.38. The van der Waals surface area contributed by atoms with Crippen molar-refractivity contribution < 1.29 is 28.6 Å². The summed E-state index contributed by atoms with van der Waals surface area (Å²) in [4.78, 5) is 39.0. The van der Waals surface area contributed by atoms with Crippen molar-refractivity contribution in [3.8, 4) is 5.75 Å². The van der Waals surface area contributed by atoms with Crippen molar-refractivity contribution in [1.29, 1.82) is 0 Å². The summed E-state index contributed by atoms with van der Waals surface area (Å²) in [6.45, 7) is 3.32. The van der Waals surface area contributed by atoms with Crippen molar-refractivity contribution in [2.24, 2.45) is 0 Å². The van der Waals surface area contributed by atoms with Crippen LogP contribution in [0, 0.1) is 0 Å². The number of hydrogen-bond acceptors (Lipinski definition) is 8. The highest BCUT2D eigenvalue weighted by Crippen LogP contribution is 2.16. The Balaban J connectivity index is 1.69. The van der Waals surface area contributed by atoms with Crippen molar-refractivity contribution in [2.45, 2.75) is 26.7 Å². The molecule has 0 bridgehead atoms. The Kier molecular flexibility index (Phi) is 8.41. The number of aromatic nitrogens is 1. The smallest absolute Gasteiger partial charge is 0.344 e. The SMILES string of the molecule is CCOC(=O)Cc1csc(NC(=O)COC(=O)COc2ccc(CC)cc2)n1. The average molecular weight is 406 g/mol. The Morgan fingerprint density at radius 2 is 1.79 bits per heavy atom. The first-order valence-corrected chi connectivity index (χ1v) is 9.65. The zero-order chi connectivity index (χ0) is 20.4. The number of thiazole rings is 1. The van der Waals surface area contributed by atoms with Crippen LogP contribution in [0.2, 0.25) is 0 Å². The second-order valence-electron chi connectivity index (χ2n) is 5.62. The van der Waals surface area contributed by atoms with Crippen molar-refractivity contribution in [3.05, 3.63) is 40.9 Å². The molecule has 9 heteroatoms. The van der Waals surface area contributed by atoms with Crippen LogP contribution >= 0.6 is 11.3 Å². The van der Waals surface area contributed by atoms with Crippen LogP contribution in [-0.2, 0) is 36.7 Å². The fourth-order valence-electron chi connectivity index (χ4n) is 2.11. The van der Waals surface area contributed by atoms with E-state index in [-0.39, 0.29) is 19.0 Å². The van der Waals surface area contributed by atoms with Crippen LogP contribution in [0.5, 0.6) is 5.75 Å². The molecule has 0 saturated carbocycles. The van der Waals surface area contributed by atoms with Crippen LogP contribution in [0.3, 0.4) is 0 Å². The van der Waals surface area contributed by atoms with Gasteiger partial charge in [-0.15, -0.1) is 11.3 Å². The molecule has 1 aromatic carbocycles. The summed E-state index contributed by atoms with van der Waals surface area (Å²) in [5, 5.41) is 4.47. The topological polar surface area (TPSA) is 104 Å². The molecule has 0 fully saturated rings. The molecule has 1 heterocycles. The molecule has 1 aromatic heterocycles. The maximum Gasteiger partial charge on any atom is 0.344 e. The third kappa shape index (κ3) is 7.36. The molecule has 0 aliphatic rings. The number of benzene rings is 1. The largest absolute Gasteiger partial charge is 0.482 e. The quantitative estimate of drug-likeness (QED) is 0.604. The van der Waals surface area contributed by atoms with Gasteiger partial charge in [-0.1, -0.05) is 19.1 Å². The number of amides is 1. The van der Waals surface area contributed by atoms with Gasteiger partial charge in [0.05, 0.1) is 18.7 Å². The van der Waals surface area contributed by atoms with Gasteiger partial charge in [0.15, 0.2) is 18.3 Å². The Morgan fingerprint density at radius 3 is 2.46 bits per heavy atom. The van der Waals surface area contributed by atoms with Crippen molar-refractivity contribution >= 4 is 34.3 Å². The maximum atomic E-state index is 11.8. The molecule has 1 amide bonds. The second-order valence-corrected chi connectivity index (χ2v) is 6.48. The molecule has 0 unspecified atom stereocenters. The van der Waals surface area contributed by atoms with Gasteiger partial charge in [-0.05, 0) is 31.0 Å². The minimum absolute atomic E-state index is 0.0335. The number of nitrogens with one attached hydrogen (secondary N) is 1. The van der Waals surface area contributed by atoms with Gasteiger partial charge in [0.2, 0.25) is 0 Å². The average Bonchev–Trinajstić information content (AvgIpc) is 3.11. The molecule has 0 radical (unpaired) electrons. The van der Waals surface area contributed by atoms with Crippen LogP contribution in [0.4, 0.5) is 5.13 Å². The summed E-state index contributed by atoms with van der Waals surface area (Å²) in [6.07, 6.45) is 0.951. The van der Waals surface area contributed by atoms with Gasteiger partial charge in [-0.25, -0.2) is 9.78 Å². The highest BCUT2D eigenvalue weighted by Gasteiger charge is 2.12. The van der Waals surface area contributed by atoms with Crippen molar-refractivity contribution in [3.63, 3.8) is 0 Å². The lowest BCUT2D eigenvalue weighted by Crippen LogP contribution is -2.23. The highest BCUT2D eigenvalue weighted by molar-refractivity contribution is 7.13. The van der Waals surface area contributed by atoms with Crippen LogP contribution in [0.25, 0.3) is 0 Å². The standard InChI is InChI=1S/C19H22N2O6S/c1-3-13-5-7-15(8-6-13)26-11-18(24)27-10-16(22)21-19-20-14(12-28-19)9-17(23)25-4-2/h5-8,12H,3-4,9-11H2,1-2H3,(H,20,21,22). The van der Waals surface area contributed by atoms with Crippen LogP contribution in [-0.4, -0.2) is 42.7 Å². The molecular formula is C19H22N2O6S. The van der Waals surface area contributed by atoms with Crippen molar-refractivity contribution in [2.75, 3.05) is 25.1 Å². The molecule has 28 heavy (non-hydrogen) atoms. The van der Waals surface area contributed by atoms with Gasteiger partial charge in [0, 0.05) is 5.38 Å². The fraction of sp³-hybridized carbons (Fsp3) is 0.368. The van der Waals surface area contributed by atoms with E-state index in [0.29, 0.717) is 23.2 Å². The number of anilines is 1. The molecule has 2 aromatic rings. The van der Waals surface area contributed by atoms with Crippen molar-refractivity contribution in [1.82, 2.24) is 4.98 Å². The Morgan fingerprint density at radius 1 is 1.04 bits per heavy atom. The number of ether oxygens (including phenoxy) is 3. The van der Waals surface area contributed by atoms with E-state index in [9.17, 15) is 14.4 Å². The zero-order valence-electron chi connectivity index (χ0n) is 15.7. The van der Waals surface area contributed by atoms with Gasteiger partial charge in [-0.2, -0.15) is 0 Å². The molecule has 0 atom stereocenters. The van der Waals surface area contributed by atoms with E-state index in [1.165, 1.54) is 16.9 Å². The fourth-order valence-corrected chi connectivity index (χ4v) is 2.84. The summed E-state index contributed by atoms with van der Waals surface area (Å²) >= 11 is 1.17. The lowest BCUT2D eigenvalue weighted by molar-refractivity contribution is -0.149. The summed E-state index contributed by atoms with van der Waals surface area (Å²) in [7, 11) is 0. The van der Waals surface area contributed by atoms with E-state index >= 15 is 0 Å². The van der Waals surface area contributed by atoms with Gasteiger partial charge in [0.1, 0.15) is 5.75 Å². The van der Waals surface area contributed by atoms with Gasteiger partial charge >= 0.3 is 11.9 Å². The first kappa shape index (κ1) is 21.4. The van der Waals surface area contributed by atoms with E-state index in [1.807, 2.05) is 19.1 Å². The number of hydrogen-bond donors (Lipinski definition) is 1. The van der Waals surface area contributed by atoms with Gasteiger partial charge in [0.25, 0.3) is 5.91 Å². The molecule has 8 nitrogen and oxygen atoms in total. The number of aryl methyl sites for hydroxylation is 1. The van der Waals surface area contributed by atoms with Crippen LogP contribution in [0.15, 0.2) is 29.6 Å². The third-order valence-electron chi connectivity index (χ3n) is 3.48. The summed E-state index contributed by atoms with van der Waals surface area (Å²) in [5.74, 6) is -1.02. The number of carbonyl (C=O) groups excluding carboxylic acids is 3. The van der Waals surface area contributed by atoms with E-state index < -0.39 is 18.5 Å². The summed E-state index contributed by atoms with van der Waals surface area (Å²) < 4.78 is 15.0. The Labute approximate surface area is 166 Å². The van der Waals surface area contributed by atoms with Gasteiger partial charge < -0.3 is 14.2 Å². The van der Waals surface area contributed by atoms with Crippen LogP contribution < -0.4 is 10.1 Å². The first-order valence-electron chi connectivity index (χ1n) is 8.77. The predicted octanol–water partition coefficient (Wildman–Crippen LogP) is 2.37. The number of esters is 2. The van der Waals surface area contributed by atoms with Gasteiger partial charge in [-0.3, -0.25) is 14.9 Å². The Bertz CT molecular complexity index is 803. The third-order valence-corrected chi connectivity index (χ3v) is 4.29. The molecule has 2 rings (SSSR count). The lowest BCUT2D eigenvalue weighted by atomic mass is 10.2. The normalized spacial score (nSPS) is 10.2. The highest BCUT2D eigenvalue weighted by atomic mass is 32.1. The molecule has 0 aliphatic carbocycles. The van der Waals surface area contributed by atoms with Crippen LogP contribution in [0.1, 0.15) is 25.1 Å². The number of rotatable bonds is 10. The molecule has 1 N–H and O–H groups in total. The van der Waals surface area contributed by atoms with E-state index in [2.05, 4.69) is 10.3 Å². The monoisotopic (exact) mass is 406 g/mol. The summed E-state index contributed by atoms with van der Waals surface area (Å²) in [5.41, 5.74) is 1.66. The second kappa shape index (κ2) is 11.0. The zero-order valence-corrected chi connectivity index (χ0v) is 16.5.